The molecule has 3 N–H and O–H groups in total. The minimum Gasteiger partial charge on any atom is -0.496 e. The Morgan fingerprint density at radius 1 is 1.29 bits per heavy atom. The maximum Gasteiger partial charge on any atom is 0.122 e. The fourth-order valence-electron chi connectivity index (χ4n) is 1.85. The molecule has 0 aliphatic carbocycles. The average Bonchev–Trinajstić information content (AvgIpc) is 2.38. The van der Waals surface area contributed by atoms with E-state index < -0.39 is 0 Å². The lowest BCUT2D eigenvalue weighted by molar-refractivity contribution is 0.410. The number of nitrogens with two attached hydrogens (primary N) is 1. The van der Waals surface area contributed by atoms with Crippen LogP contribution in [0.1, 0.15) is 24.5 Å². The number of methoxy groups -OCH3 is 1. The van der Waals surface area contributed by atoms with Gasteiger partial charge in [0.15, 0.2) is 0 Å². The Bertz CT molecular complexity index is 326. The number of benzene rings is 1. The normalized spacial score (nSPS) is 10.5. The van der Waals surface area contributed by atoms with E-state index in [-0.39, 0.29) is 0 Å². The summed E-state index contributed by atoms with van der Waals surface area (Å²) in [5, 5.41) is 3.39. The Hall–Kier alpha value is -1.06. The average molecular weight is 236 g/mol. The Morgan fingerprint density at radius 3 is 2.76 bits per heavy atom. The zero-order valence-electron chi connectivity index (χ0n) is 11.0. The van der Waals surface area contributed by atoms with Crippen LogP contribution in [0.5, 0.6) is 5.75 Å². The van der Waals surface area contributed by atoms with E-state index in [0.29, 0.717) is 0 Å². The molecule has 1 aromatic rings. The van der Waals surface area contributed by atoms with E-state index in [4.69, 9.17) is 10.5 Å². The maximum atomic E-state index is 5.44. The quantitative estimate of drug-likeness (QED) is 0.676. The van der Waals surface area contributed by atoms with Crippen LogP contribution in [0.2, 0.25) is 0 Å². The summed E-state index contributed by atoms with van der Waals surface area (Å²) < 4.78 is 5.32. The molecular weight excluding hydrogens is 212 g/mol. The molecule has 0 atom stereocenters. The predicted octanol–water partition coefficient (Wildman–Crippen LogP) is 1.74. The third kappa shape index (κ3) is 4.75. The Kier molecular flexibility index (Phi) is 6.67. The van der Waals surface area contributed by atoms with Crippen molar-refractivity contribution in [2.24, 2.45) is 5.73 Å². The van der Waals surface area contributed by atoms with E-state index >= 15 is 0 Å². The van der Waals surface area contributed by atoms with Crippen LogP contribution in [0.15, 0.2) is 18.2 Å². The molecule has 0 heterocycles. The summed E-state index contributed by atoms with van der Waals surface area (Å²) in [6, 6.07) is 6.44. The van der Waals surface area contributed by atoms with Crippen molar-refractivity contribution in [1.82, 2.24) is 5.32 Å². The molecule has 0 aliphatic heterocycles. The summed E-state index contributed by atoms with van der Waals surface area (Å²) in [6.45, 7) is 4.93. The van der Waals surface area contributed by atoms with Gasteiger partial charge in [-0.1, -0.05) is 19.1 Å². The molecule has 0 aliphatic rings. The van der Waals surface area contributed by atoms with Gasteiger partial charge in [0.2, 0.25) is 0 Å². The fraction of sp³-hybridized carbons (Fsp3) is 0.571. The molecule has 0 bridgehead atoms. The van der Waals surface area contributed by atoms with Gasteiger partial charge in [-0.15, -0.1) is 0 Å². The van der Waals surface area contributed by atoms with Gasteiger partial charge in [-0.05, 0) is 56.1 Å². The Morgan fingerprint density at radius 2 is 2.12 bits per heavy atom. The van der Waals surface area contributed by atoms with Gasteiger partial charge in [0, 0.05) is 0 Å². The lowest BCUT2D eigenvalue weighted by Gasteiger charge is -2.09. The van der Waals surface area contributed by atoms with Crippen molar-refractivity contribution < 1.29 is 4.74 Å². The highest BCUT2D eigenvalue weighted by atomic mass is 16.5. The molecule has 3 nitrogen and oxygen atoms in total. The van der Waals surface area contributed by atoms with Crippen molar-refractivity contribution in [1.29, 1.82) is 0 Å². The molecule has 0 unspecified atom stereocenters. The summed E-state index contributed by atoms with van der Waals surface area (Å²) in [4.78, 5) is 0. The first kappa shape index (κ1) is 14.0. The third-order valence-electron chi connectivity index (χ3n) is 2.87. The lowest BCUT2D eigenvalue weighted by atomic mass is 10.1. The van der Waals surface area contributed by atoms with Gasteiger partial charge in [-0.25, -0.2) is 0 Å². The van der Waals surface area contributed by atoms with Gasteiger partial charge >= 0.3 is 0 Å². The second-order valence-electron chi connectivity index (χ2n) is 4.14. The van der Waals surface area contributed by atoms with Crippen LogP contribution < -0.4 is 15.8 Å². The molecular formula is C14H24N2O. The first-order chi connectivity index (χ1) is 8.31. The van der Waals surface area contributed by atoms with Crippen molar-refractivity contribution >= 4 is 0 Å². The highest BCUT2D eigenvalue weighted by Crippen LogP contribution is 2.20. The predicted molar refractivity (Wildman–Crippen MR) is 72.6 cm³/mol. The summed E-state index contributed by atoms with van der Waals surface area (Å²) in [5.74, 6) is 0.993. The Labute approximate surface area is 104 Å². The molecule has 96 valence electrons. The first-order valence-electron chi connectivity index (χ1n) is 6.38. The number of hydrogen-bond acceptors (Lipinski definition) is 3. The number of nitrogens with one attached hydrogen (secondary N) is 1. The largest absolute Gasteiger partial charge is 0.496 e. The monoisotopic (exact) mass is 236 g/mol. The van der Waals surface area contributed by atoms with E-state index in [9.17, 15) is 0 Å². The van der Waals surface area contributed by atoms with E-state index in [1.54, 1.807) is 7.11 Å². The number of ether oxygens (including phenoxy) is 1. The van der Waals surface area contributed by atoms with Crippen LogP contribution in [0.25, 0.3) is 0 Å². The van der Waals surface area contributed by atoms with E-state index in [2.05, 4.69) is 30.4 Å². The molecule has 17 heavy (non-hydrogen) atoms. The molecule has 0 spiro atoms. The molecule has 0 amide bonds. The second kappa shape index (κ2) is 8.09. The standard InChI is InChI=1S/C14H24N2O/c1-3-13-11-12(5-6-14(13)17-2)7-10-16-9-4-8-15/h5-6,11,16H,3-4,7-10,15H2,1-2H3. The smallest absolute Gasteiger partial charge is 0.122 e. The van der Waals surface area contributed by atoms with Gasteiger partial charge in [-0.2, -0.15) is 0 Å². The molecule has 0 aromatic heterocycles. The third-order valence-corrected chi connectivity index (χ3v) is 2.87. The molecule has 0 saturated heterocycles. The zero-order chi connectivity index (χ0) is 12.5. The highest BCUT2D eigenvalue weighted by molar-refractivity contribution is 5.37. The molecule has 0 fully saturated rings. The molecule has 3 heteroatoms. The van der Waals surface area contributed by atoms with Gasteiger partial charge in [0.25, 0.3) is 0 Å². The van der Waals surface area contributed by atoms with Gasteiger partial charge < -0.3 is 15.8 Å². The van der Waals surface area contributed by atoms with Crippen molar-refractivity contribution in [3.8, 4) is 5.75 Å². The zero-order valence-corrected chi connectivity index (χ0v) is 11.0. The number of hydrogen-bond donors (Lipinski definition) is 2. The summed E-state index contributed by atoms with van der Waals surface area (Å²) in [7, 11) is 1.72. The maximum absolute atomic E-state index is 5.44. The van der Waals surface area contributed by atoms with Gasteiger partial charge in [0.1, 0.15) is 5.75 Å². The van der Waals surface area contributed by atoms with Crippen LogP contribution in [0.3, 0.4) is 0 Å². The van der Waals surface area contributed by atoms with Crippen LogP contribution in [0.4, 0.5) is 0 Å². The summed E-state index contributed by atoms with van der Waals surface area (Å²) in [6.07, 6.45) is 3.11. The highest BCUT2D eigenvalue weighted by Gasteiger charge is 2.02. The van der Waals surface area contributed by atoms with Crippen molar-refractivity contribution in [3.63, 3.8) is 0 Å². The molecule has 0 radical (unpaired) electrons. The van der Waals surface area contributed by atoms with Crippen molar-refractivity contribution in [2.45, 2.75) is 26.2 Å². The molecule has 0 saturated carbocycles. The number of rotatable bonds is 8. The van der Waals surface area contributed by atoms with E-state index in [0.717, 1.165) is 44.6 Å². The minimum absolute atomic E-state index is 0.759. The topological polar surface area (TPSA) is 47.3 Å². The van der Waals surface area contributed by atoms with Crippen molar-refractivity contribution in [2.75, 3.05) is 26.7 Å². The lowest BCUT2D eigenvalue weighted by Crippen LogP contribution is -2.20. The van der Waals surface area contributed by atoms with Crippen LogP contribution in [-0.4, -0.2) is 26.7 Å². The first-order valence-corrected chi connectivity index (χ1v) is 6.38. The van der Waals surface area contributed by atoms with E-state index in [1.165, 1.54) is 11.1 Å². The van der Waals surface area contributed by atoms with Crippen LogP contribution in [-0.2, 0) is 12.8 Å². The van der Waals surface area contributed by atoms with Crippen LogP contribution >= 0.6 is 0 Å². The van der Waals surface area contributed by atoms with E-state index in [1.807, 2.05) is 0 Å². The SMILES string of the molecule is CCc1cc(CCNCCCN)ccc1OC. The van der Waals surface area contributed by atoms with Gasteiger partial charge in [-0.3, -0.25) is 0 Å². The molecule has 1 aromatic carbocycles. The summed E-state index contributed by atoms with van der Waals surface area (Å²) in [5.41, 5.74) is 8.09. The van der Waals surface area contributed by atoms with Crippen molar-refractivity contribution in [3.05, 3.63) is 29.3 Å². The number of aryl methyl sites for hydroxylation is 1. The molecule has 1 rings (SSSR count). The van der Waals surface area contributed by atoms with Gasteiger partial charge in [0.05, 0.1) is 7.11 Å². The Balaban J connectivity index is 2.43. The fourth-order valence-corrected chi connectivity index (χ4v) is 1.85. The summed E-state index contributed by atoms with van der Waals surface area (Å²) >= 11 is 0. The second-order valence-corrected chi connectivity index (χ2v) is 4.14. The minimum atomic E-state index is 0.759. The van der Waals surface area contributed by atoms with Crippen LogP contribution in [0, 0.1) is 0 Å².